The third-order valence-corrected chi connectivity index (χ3v) is 4.92. The van der Waals surface area contributed by atoms with Gasteiger partial charge < -0.3 is 26.8 Å². The summed E-state index contributed by atoms with van der Waals surface area (Å²) in [6.07, 6.45) is 0.899. The van der Waals surface area contributed by atoms with Crippen molar-refractivity contribution < 1.29 is 24.3 Å². The maximum Gasteiger partial charge on any atom is 0.326 e. The topological polar surface area (TPSA) is 151 Å². The minimum Gasteiger partial charge on any atom is -0.480 e. The molecular weight excluding hydrogens is 388 g/mol. The quantitative estimate of drug-likeness (QED) is 0.345. The zero-order valence-electron chi connectivity index (χ0n) is 17.8. The maximum atomic E-state index is 12.3. The van der Waals surface area contributed by atoms with E-state index in [0.717, 1.165) is 5.56 Å². The second-order valence-corrected chi connectivity index (χ2v) is 7.47. The first-order valence-corrected chi connectivity index (χ1v) is 10.00. The number of carbonyl (C=O) groups is 4. The van der Waals surface area contributed by atoms with Crippen LogP contribution in [0, 0.1) is 5.92 Å². The van der Waals surface area contributed by atoms with Gasteiger partial charge in [0.2, 0.25) is 17.7 Å². The Bertz CT molecular complexity index is 740. The fourth-order valence-electron chi connectivity index (χ4n) is 2.71. The van der Waals surface area contributed by atoms with Crippen LogP contribution in [0.15, 0.2) is 30.3 Å². The summed E-state index contributed by atoms with van der Waals surface area (Å²) in [4.78, 5) is 48.2. The summed E-state index contributed by atoms with van der Waals surface area (Å²) in [5.41, 5.74) is 6.81. The molecule has 30 heavy (non-hydrogen) atoms. The lowest BCUT2D eigenvalue weighted by molar-refractivity contribution is -0.143. The molecule has 0 bridgehead atoms. The number of carbonyl (C=O) groups excluding carboxylic acids is 3. The Labute approximate surface area is 176 Å². The fourth-order valence-corrected chi connectivity index (χ4v) is 2.71. The van der Waals surface area contributed by atoms with E-state index in [1.54, 1.807) is 6.92 Å². The Balaban J connectivity index is 2.56. The molecule has 9 heteroatoms. The van der Waals surface area contributed by atoms with E-state index in [4.69, 9.17) is 5.73 Å². The van der Waals surface area contributed by atoms with Gasteiger partial charge in [-0.15, -0.1) is 0 Å². The Morgan fingerprint density at radius 2 is 1.40 bits per heavy atom. The Hall–Kier alpha value is -2.94. The van der Waals surface area contributed by atoms with E-state index in [-0.39, 0.29) is 5.92 Å². The number of amides is 3. The second kappa shape index (κ2) is 11.9. The third kappa shape index (κ3) is 7.82. The SMILES string of the molecule is CCC(C)C(NC(=O)C(C)NC(=O)C(C)NC(=O)C(N)Cc1ccccc1)C(=O)O. The van der Waals surface area contributed by atoms with Gasteiger partial charge in [0.25, 0.3) is 0 Å². The molecule has 0 aromatic heterocycles. The molecule has 3 amide bonds. The molecule has 166 valence electrons. The molecule has 5 atom stereocenters. The molecule has 6 N–H and O–H groups in total. The van der Waals surface area contributed by atoms with Crippen LogP contribution in [0.4, 0.5) is 0 Å². The Morgan fingerprint density at radius 3 is 1.90 bits per heavy atom. The molecule has 0 fully saturated rings. The molecule has 1 aromatic rings. The van der Waals surface area contributed by atoms with E-state index in [9.17, 15) is 24.3 Å². The molecular formula is C21H32N4O5. The van der Waals surface area contributed by atoms with Crippen LogP contribution in [-0.2, 0) is 25.6 Å². The summed E-state index contributed by atoms with van der Waals surface area (Å²) in [5.74, 6) is -3.08. The minimum atomic E-state index is -1.13. The summed E-state index contributed by atoms with van der Waals surface area (Å²) in [7, 11) is 0. The highest BCUT2D eigenvalue weighted by Gasteiger charge is 2.29. The largest absolute Gasteiger partial charge is 0.480 e. The Morgan fingerprint density at radius 1 is 0.900 bits per heavy atom. The molecule has 0 radical (unpaired) electrons. The predicted molar refractivity (Wildman–Crippen MR) is 112 cm³/mol. The van der Waals surface area contributed by atoms with Gasteiger partial charge in [0.1, 0.15) is 18.1 Å². The van der Waals surface area contributed by atoms with Gasteiger partial charge in [0.15, 0.2) is 0 Å². The lowest BCUT2D eigenvalue weighted by Crippen LogP contribution is -2.56. The van der Waals surface area contributed by atoms with Crippen molar-refractivity contribution >= 4 is 23.7 Å². The van der Waals surface area contributed by atoms with Crippen LogP contribution in [0.2, 0.25) is 0 Å². The summed E-state index contributed by atoms with van der Waals surface area (Å²) in [6.45, 7) is 6.47. The van der Waals surface area contributed by atoms with Gasteiger partial charge >= 0.3 is 5.97 Å². The Kier molecular flexibility index (Phi) is 9.97. The van der Waals surface area contributed by atoms with Crippen LogP contribution in [-0.4, -0.2) is 53.0 Å². The monoisotopic (exact) mass is 420 g/mol. The number of rotatable bonds is 11. The number of benzene rings is 1. The summed E-state index contributed by atoms with van der Waals surface area (Å²) in [6, 6.07) is 5.50. The first-order chi connectivity index (χ1) is 14.1. The van der Waals surface area contributed by atoms with Crippen molar-refractivity contribution in [2.45, 2.75) is 64.7 Å². The van der Waals surface area contributed by atoms with E-state index >= 15 is 0 Å². The van der Waals surface area contributed by atoms with Gasteiger partial charge in [0, 0.05) is 0 Å². The van der Waals surface area contributed by atoms with Crippen molar-refractivity contribution in [1.29, 1.82) is 0 Å². The molecule has 1 aromatic carbocycles. The first-order valence-electron chi connectivity index (χ1n) is 10.00. The van der Waals surface area contributed by atoms with Crippen molar-refractivity contribution in [1.82, 2.24) is 16.0 Å². The highest BCUT2D eigenvalue weighted by Crippen LogP contribution is 2.08. The van der Waals surface area contributed by atoms with E-state index in [1.807, 2.05) is 37.3 Å². The highest BCUT2D eigenvalue weighted by atomic mass is 16.4. The van der Waals surface area contributed by atoms with E-state index in [2.05, 4.69) is 16.0 Å². The number of nitrogens with two attached hydrogens (primary N) is 1. The van der Waals surface area contributed by atoms with E-state index in [1.165, 1.54) is 13.8 Å². The molecule has 0 aliphatic carbocycles. The number of hydrogen-bond acceptors (Lipinski definition) is 5. The number of carboxylic acids is 1. The van der Waals surface area contributed by atoms with Crippen molar-refractivity contribution in [3.05, 3.63) is 35.9 Å². The van der Waals surface area contributed by atoms with Crippen LogP contribution in [0.5, 0.6) is 0 Å². The van der Waals surface area contributed by atoms with Crippen molar-refractivity contribution in [3.8, 4) is 0 Å². The molecule has 0 saturated heterocycles. The third-order valence-electron chi connectivity index (χ3n) is 4.92. The maximum absolute atomic E-state index is 12.3. The number of aliphatic carboxylic acids is 1. The van der Waals surface area contributed by atoms with Crippen LogP contribution in [0.25, 0.3) is 0 Å². The summed E-state index contributed by atoms with van der Waals surface area (Å²) in [5, 5.41) is 16.7. The molecule has 0 aliphatic rings. The smallest absolute Gasteiger partial charge is 0.326 e. The first kappa shape index (κ1) is 25.1. The average molecular weight is 421 g/mol. The molecule has 0 spiro atoms. The number of hydrogen-bond donors (Lipinski definition) is 5. The van der Waals surface area contributed by atoms with Crippen LogP contribution < -0.4 is 21.7 Å². The van der Waals surface area contributed by atoms with Gasteiger partial charge in [-0.2, -0.15) is 0 Å². The minimum absolute atomic E-state index is 0.265. The molecule has 0 saturated carbocycles. The number of carboxylic acid groups (broad SMARTS) is 1. The van der Waals surface area contributed by atoms with Crippen LogP contribution >= 0.6 is 0 Å². The lowest BCUT2D eigenvalue weighted by atomic mass is 9.99. The van der Waals surface area contributed by atoms with Crippen molar-refractivity contribution in [2.75, 3.05) is 0 Å². The van der Waals surface area contributed by atoms with Gasteiger partial charge in [-0.25, -0.2) is 4.79 Å². The molecule has 9 nitrogen and oxygen atoms in total. The summed E-state index contributed by atoms with van der Waals surface area (Å²) < 4.78 is 0. The number of nitrogens with one attached hydrogen (secondary N) is 3. The predicted octanol–water partition coefficient (Wildman–Crippen LogP) is 0.181. The van der Waals surface area contributed by atoms with Gasteiger partial charge in [0.05, 0.1) is 6.04 Å². The van der Waals surface area contributed by atoms with Crippen LogP contribution in [0.1, 0.15) is 39.7 Å². The van der Waals surface area contributed by atoms with Gasteiger partial charge in [-0.3, -0.25) is 14.4 Å². The summed E-state index contributed by atoms with van der Waals surface area (Å²) >= 11 is 0. The zero-order chi connectivity index (χ0) is 22.8. The standard InChI is InChI=1S/C21H32N4O5/c1-5-12(2)17(21(29)30)25-19(27)14(4)23-18(26)13(3)24-20(28)16(22)11-15-9-7-6-8-10-15/h6-10,12-14,16-17H,5,11,22H2,1-4H3,(H,23,26)(H,24,28)(H,25,27)(H,29,30). The average Bonchev–Trinajstić information content (AvgIpc) is 2.71. The van der Waals surface area contributed by atoms with Crippen molar-refractivity contribution in [2.24, 2.45) is 11.7 Å². The zero-order valence-corrected chi connectivity index (χ0v) is 17.8. The lowest BCUT2D eigenvalue weighted by Gasteiger charge is -2.24. The van der Waals surface area contributed by atoms with E-state index in [0.29, 0.717) is 12.8 Å². The molecule has 0 heterocycles. The van der Waals surface area contributed by atoms with Crippen LogP contribution in [0.3, 0.4) is 0 Å². The fraction of sp³-hybridized carbons (Fsp3) is 0.524. The van der Waals surface area contributed by atoms with Crippen molar-refractivity contribution in [3.63, 3.8) is 0 Å². The molecule has 5 unspecified atom stereocenters. The van der Waals surface area contributed by atoms with Gasteiger partial charge in [-0.1, -0.05) is 50.6 Å². The molecule has 1 rings (SSSR count). The van der Waals surface area contributed by atoms with Gasteiger partial charge in [-0.05, 0) is 31.7 Å². The van der Waals surface area contributed by atoms with E-state index < -0.39 is 47.9 Å². The molecule has 0 aliphatic heterocycles. The highest BCUT2D eigenvalue weighted by molar-refractivity contribution is 5.93. The normalized spacial score (nSPS) is 15.8. The second-order valence-electron chi connectivity index (χ2n) is 7.47.